The number of fused-ring (bicyclic) bond motifs is 1. The van der Waals surface area contributed by atoms with Crippen LogP contribution in [-0.4, -0.2) is 37.6 Å². The van der Waals surface area contributed by atoms with Crippen molar-refractivity contribution in [3.63, 3.8) is 0 Å². The van der Waals surface area contributed by atoms with Crippen LogP contribution in [0.5, 0.6) is 0 Å². The van der Waals surface area contributed by atoms with Crippen molar-refractivity contribution >= 4 is 15.7 Å². The number of aryl methyl sites for hydroxylation is 1. The summed E-state index contributed by atoms with van der Waals surface area (Å²) < 4.78 is 27.1. The second-order valence-electron chi connectivity index (χ2n) is 5.52. The van der Waals surface area contributed by atoms with E-state index in [1.165, 1.54) is 0 Å². The molecule has 0 radical (unpaired) electrons. The van der Waals surface area contributed by atoms with Gasteiger partial charge in [0.05, 0.1) is 16.5 Å². The maximum absolute atomic E-state index is 12.7. The lowest BCUT2D eigenvalue weighted by Gasteiger charge is -2.34. The summed E-state index contributed by atoms with van der Waals surface area (Å²) in [4.78, 5) is 5.44. The van der Waals surface area contributed by atoms with Gasteiger partial charge in [-0.1, -0.05) is 22.9 Å². The minimum absolute atomic E-state index is 0.0852. The van der Waals surface area contributed by atoms with E-state index in [9.17, 15) is 8.42 Å². The monoisotopic (exact) mass is 294 g/mol. The number of oxime groups is 1. The molecule has 1 aromatic rings. The third kappa shape index (κ3) is 2.23. The molecule has 1 aromatic carbocycles. The molecule has 0 amide bonds. The fraction of sp³-hybridized carbons (Fsp3) is 0.500. The molecule has 2 heterocycles. The van der Waals surface area contributed by atoms with Gasteiger partial charge in [-0.3, -0.25) is 0 Å². The van der Waals surface area contributed by atoms with Crippen LogP contribution in [0.2, 0.25) is 0 Å². The SMILES string of the molecule is Cc1ccc(S(=O)(=O)N2C[C@@H]3CON=C3C[C@@H]2C)cc1. The largest absolute Gasteiger partial charge is 0.395 e. The van der Waals surface area contributed by atoms with E-state index < -0.39 is 10.0 Å². The highest BCUT2D eigenvalue weighted by Crippen LogP contribution is 2.29. The van der Waals surface area contributed by atoms with Gasteiger partial charge in [-0.05, 0) is 26.0 Å². The average molecular weight is 294 g/mol. The van der Waals surface area contributed by atoms with Crippen LogP contribution >= 0.6 is 0 Å². The summed E-state index contributed by atoms with van der Waals surface area (Å²) in [7, 11) is -3.44. The maximum Gasteiger partial charge on any atom is 0.243 e. The van der Waals surface area contributed by atoms with Crippen LogP contribution in [0.4, 0.5) is 0 Å². The fourth-order valence-electron chi connectivity index (χ4n) is 2.73. The highest BCUT2D eigenvalue weighted by Gasteiger charge is 2.40. The number of sulfonamides is 1. The van der Waals surface area contributed by atoms with Crippen LogP contribution in [0.1, 0.15) is 18.9 Å². The van der Waals surface area contributed by atoms with Gasteiger partial charge in [0.15, 0.2) is 0 Å². The molecule has 6 heteroatoms. The molecule has 0 aromatic heterocycles. The van der Waals surface area contributed by atoms with Gasteiger partial charge in [-0.15, -0.1) is 0 Å². The molecule has 5 nitrogen and oxygen atoms in total. The lowest BCUT2D eigenvalue weighted by atomic mass is 9.94. The van der Waals surface area contributed by atoms with Crippen molar-refractivity contribution in [3.05, 3.63) is 29.8 Å². The molecule has 1 saturated heterocycles. The van der Waals surface area contributed by atoms with Gasteiger partial charge in [0.25, 0.3) is 0 Å². The van der Waals surface area contributed by atoms with E-state index in [1.807, 2.05) is 26.0 Å². The zero-order valence-electron chi connectivity index (χ0n) is 11.6. The third-order valence-corrected chi connectivity index (χ3v) is 5.95. The first-order valence-corrected chi connectivity index (χ1v) is 8.20. The second kappa shape index (κ2) is 4.86. The van der Waals surface area contributed by atoms with Crippen molar-refractivity contribution < 1.29 is 13.3 Å². The standard InChI is InChI=1S/C14H18N2O3S/c1-10-3-5-13(6-4-10)20(17,18)16-8-12-9-19-15-14(12)7-11(16)2/h3-6,11-12H,7-9H2,1-2H3/t11-,12+/m0/s1. The van der Waals surface area contributed by atoms with E-state index in [0.29, 0.717) is 24.5 Å². The molecule has 2 atom stereocenters. The first-order chi connectivity index (χ1) is 9.48. The zero-order valence-corrected chi connectivity index (χ0v) is 12.4. The number of benzene rings is 1. The molecule has 0 unspecified atom stereocenters. The van der Waals surface area contributed by atoms with E-state index in [4.69, 9.17) is 4.84 Å². The lowest BCUT2D eigenvalue weighted by molar-refractivity contribution is 0.146. The highest BCUT2D eigenvalue weighted by atomic mass is 32.2. The van der Waals surface area contributed by atoms with Crippen LogP contribution in [-0.2, 0) is 14.9 Å². The molecule has 0 aliphatic carbocycles. The zero-order chi connectivity index (χ0) is 14.3. The summed E-state index contributed by atoms with van der Waals surface area (Å²) in [6.45, 7) is 4.81. The van der Waals surface area contributed by atoms with Gasteiger partial charge in [-0.2, -0.15) is 4.31 Å². The molecular formula is C14H18N2O3S. The van der Waals surface area contributed by atoms with Gasteiger partial charge in [0, 0.05) is 19.0 Å². The number of piperidine rings is 1. The van der Waals surface area contributed by atoms with E-state index in [-0.39, 0.29) is 12.0 Å². The van der Waals surface area contributed by atoms with Gasteiger partial charge >= 0.3 is 0 Å². The molecule has 0 bridgehead atoms. The molecule has 0 spiro atoms. The predicted octanol–water partition coefficient (Wildman–Crippen LogP) is 1.78. The Morgan fingerprint density at radius 2 is 2.00 bits per heavy atom. The van der Waals surface area contributed by atoms with Crippen LogP contribution in [0.25, 0.3) is 0 Å². The van der Waals surface area contributed by atoms with Gasteiger partial charge in [-0.25, -0.2) is 8.42 Å². The molecular weight excluding hydrogens is 276 g/mol. The molecule has 108 valence electrons. The van der Waals surface area contributed by atoms with Crippen LogP contribution in [0.15, 0.2) is 34.3 Å². The summed E-state index contributed by atoms with van der Waals surface area (Å²) in [6.07, 6.45) is 0.649. The van der Waals surface area contributed by atoms with Crippen molar-refractivity contribution in [2.45, 2.75) is 31.2 Å². The van der Waals surface area contributed by atoms with Crippen molar-refractivity contribution in [2.75, 3.05) is 13.2 Å². The summed E-state index contributed by atoms with van der Waals surface area (Å²) >= 11 is 0. The molecule has 0 N–H and O–H groups in total. The van der Waals surface area contributed by atoms with Crippen LogP contribution in [0.3, 0.4) is 0 Å². The topological polar surface area (TPSA) is 59.0 Å². The smallest absolute Gasteiger partial charge is 0.243 e. The van der Waals surface area contributed by atoms with E-state index in [1.54, 1.807) is 16.4 Å². The van der Waals surface area contributed by atoms with Crippen molar-refractivity contribution in [1.29, 1.82) is 0 Å². The van der Waals surface area contributed by atoms with Crippen LogP contribution < -0.4 is 0 Å². The van der Waals surface area contributed by atoms with Gasteiger partial charge < -0.3 is 4.84 Å². The second-order valence-corrected chi connectivity index (χ2v) is 7.41. The summed E-state index contributed by atoms with van der Waals surface area (Å²) in [5.74, 6) is 0.103. The summed E-state index contributed by atoms with van der Waals surface area (Å²) in [5, 5.41) is 4.00. The molecule has 2 aliphatic rings. The summed E-state index contributed by atoms with van der Waals surface area (Å²) in [5.41, 5.74) is 2.04. The van der Waals surface area contributed by atoms with Crippen LogP contribution in [0, 0.1) is 12.8 Å². The number of hydrogen-bond acceptors (Lipinski definition) is 4. The van der Waals surface area contributed by atoms with Crippen molar-refractivity contribution in [2.24, 2.45) is 11.1 Å². The predicted molar refractivity (Wildman–Crippen MR) is 76.0 cm³/mol. The molecule has 2 aliphatic heterocycles. The summed E-state index contributed by atoms with van der Waals surface area (Å²) in [6, 6.07) is 6.91. The van der Waals surface area contributed by atoms with E-state index in [0.717, 1.165) is 11.3 Å². The number of nitrogens with zero attached hydrogens (tertiary/aromatic N) is 2. The Labute approximate surface area is 119 Å². The Morgan fingerprint density at radius 1 is 1.30 bits per heavy atom. The molecule has 3 rings (SSSR count). The molecule has 1 fully saturated rings. The number of rotatable bonds is 2. The van der Waals surface area contributed by atoms with Crippen molar-refractivity contribution in [1.82, 2.24) is 4.31 Å². The molecule has 0 saturated carbocycles. The van der Waals surface area contributed by atoms with Crippen molar-refractivity contribution in [3.8, 4) is 0 Å². The first kappa shape index (κ1) is 13.6. The molecule has 20 heavy (non-hydrogen) atoms. The quantitative estimate of drug-likeness (QED) is 0.835. The van der Waals surface area contributed by atoms with E-state index in [2.05, 4.69) is 5.16 Å². The van der Waals surface area contributed by atoms with E-state index >= 15 is 0 Å². The third-order valence-electron chi connectivity index (χ3n) is 3.95. The average Bonchev–Trinajstić information content (AvgIpc) is 2.85. The highest BCUT2D eigenvalue weighted by molar-refractivity contribution is 7.89. The Kier molecular flexibility index (Phi) is 3.30. The fourth-order valence-corrected chi connectivity index (χ4v) is 4.40. The normalized spacial score (nSPS) is 26.8. The Bertz CT molecular complexity index is 637. The Morgan fingerprint density at radius 3 is 2.70 bits per heavy atom. The maximum atomic E-state index is 12.7. The first-order valence-electron chi connectivity index (χ1n) is 6.76. The minimum atomic E-state index is -3.44. The van der Waals surface area contributed by atoms with Gasteiger partial charge in [0.2, 0.25) is 10.0 Å². The Balaban J connectivity index is 1.91. The number of hydrogen-bond donors (Lipinski definition) is 0. The minimum Gasteiger partial charge on any atom is -0.395 e. The Hall–Kier alpha value is -1.40. The lowest BCUT2D eigenvalue weighted by Crippen LogP contribution is -2.48. The van der Waals surface area contributed by atoms with Gasteiger partial charge in [0.1, 0.15) is 6.61 Å².